The molecule has 1 aromatic rings. The molecule has 96 valence electrons. The van der Waals surface area contributed by atoms with Crippen molar-refractivity contribution >= 4 is 7.82 Å². The van der Waals surface area contributed by atoms with Crippen molar-refractivity contribution in [3.63, 3.8) is 0 Å². The topological polar surface area (TPSA) is 65.0 Å². The highest BCUT2D eigenvalue weighted by Crippen LogP contribution is 2.52. The molecule has 17 heavy (non-hydrogen) atoms. The fraction of sp³-hybridized carbons (Fsp3) is 0.455. The van der Waals surface area contributed by atoms with Crippen molar-refractivity contribution in [2.24, 2.45) is 0 Å². The highest BCUT2D eigenvalue weighted by atomic mass is 31.2. The fourth-order valence-electron chi connectivity index (χ4n) is 1.22. The van der Waals surface area contributed by atoms with E-state index in [4.69, 9.17) is 13.6 Å². The van der Waals surface area contributed by atoms with Gasteiger partial charge in [0.05, 0.1) is 13.2 Å². The summed E-state index contributed by atoms with van der Waals surface area (Å²) in [5.74, 6) is 0. The highest BCUT2D eigenvalue weighted by Gasteiger charge is 2.29. The lowest BCUT2D eigenvalue weighted by atomic mass is 10.2. The van der Waals surface area contributed by atoms with Crippen LogP contribution in [0.2, 0.25) is 0 Å². The van der Waals surface area contributed by atoms with Gasteiger partial charge in [-0.15, -0.1) is 0 Å². The Kier molecular flexibility index (Phi) is 5.82. The zero-order valence-electron chi connectivity index (χ0n) is 9.91. The van der Waals surface area contributed by atoms with Crippen molar-refractivity contribution in [3.05, 3.63) is 35.9 Å². The second kappa shape index (κ2) is 6.89. The lowest BCUT2D eigenvalue weighted by Crippen LogP contribution is -2.06. The average molecular weight is 260 g/mol. The summed E-state index contributed by atoms with van der Waals surface area (Å²) in [6.45, 7) is 3.70. The Morgan fingerprint density at radius 1 is 1.18 bits per heavy atom. The van der Waals surface area contributed by atoms with Gasteiger partial charge in [0.25, 0.3) is 0 Å². The summed E-state index contributed by atoms with van der Waals surface area (Å²) < 4.78 is 26.8. The number of aliphatic hydroxyl groups is 1. The van der Waals surface area contributed by atoms with Gasteiger partial charge < -0.3 is 5.11 Å². The van der Waals surface area contributed by atoms with Crippen molar-refractivity contribution in [2.75, 3.05) is 13.2 Å². The van der Waals surface area contributed by atoms with Crippen LogP contribution in [0.3, 0.4) is 0 Å². The molecule has 0 spiro atoms. The minimum absolute atomic E-state index is 0.179. The molecule has 0 bridgehead atoms. The predicted molar refractivity (Wildman–Crippen MR) is 63.3 cm³/mol. The average Bonchev–Trinajstić information content (AvgIpc) is 2.30. The molecular weight excluding hydrogens is 243 g/mol. The normalized spacial score (nSPS) is 13.6. The van der Waals surface area contributed by atoms with Crippen LogP contribution in [0.25, 0.3) is 0 Å². The third-order valence-corrected chi connectivity index (χ3v) is 3.49. The third kappa shape index (κ3) is 4.58. The van der Waals surface area contributed by atoms with Gasteiger partial charge in [-0.2, -0.15) is 0 Å². The molecule has 1 rings (SSSR count). The van der Waals surface area contributed by atoms with Crippen LogP contribution in [-0.2, 0) is 18.1 Å². The molecule has 6 heteroatoms. The second-order valence-electron chi connectivity index (χ2n) is 3.15. The van der Waals surface area contributed by atoms with E-state index < -0.39 is 14.1 Å². The van der Waals surface area contributed by atoms with Gasteiger partial charge in [-0.1, -0.05) is 30.3 Å². The van der Waals surface area contributed by atoms with Crippen LogP contribution >= 0.6 is 7.82 Å². The maximum Gasteiger partial charge on any atom is 0.477 e. The third-order valence-electron chi connectivity index (χ3n) is 1.89. The van der Waals surface area contributed by atoms with Gasteiger partial charge in [-0.25, -0.2) is 4.57 Å². The predicted octanol–water partition coefficient (Wildman–Crippen LogP) is 2.88. The smallest absolute Gasteiger partial charge is 0.364 e. The molecule has 0 radical (unpaired) electrons. The molecule has 1 unspecified atom stereocenters. The van der Waals surface area contributed by atoms with Crippen molar-refractivity contribution in [1.82, 2.24) is 0 Å². The summed E-state index contributed by atoms with van der Waals surface area (Å²) in [6.07, 6.45) is -1.33. The standard InChI is InChI=1S/C11H17O5P/c1-3-14-17(13,15-4-2)16-11(12)10-8-6-5-7-9-10/h5-9,11-12H,3-4H2,1-2H3. The highest BCUT2D eigenvalue weighted by molar-refractivity contribution is 7.48. The summed E-state index contributed by atoms with van der Waals surface area (Å²) in [5.41, 5.74) is 0.493. The molecule has 0 heterocycles. The first-order valence-electron chi connectivity index (χ1n) is 5.42. The molecule has 0 fully saturated rings. The molecule has 1 atom stereocenters. The molecule has 0 saturated carbocycles. The molecule has 5 nitrogen and oxygen atoms in total. The van der Waals surface area contributed by atoms with Gasteiger partial charge >= 0.3 is 7.82 Å². The van der Waals surface area contributed by atoms with Gasteiger partial charge in [-0.3, -0.25) is 13.6 Å². The van der Waals surface area contributed by atoms with Crippen LogP contribution in [0, 0.1) is 0 Å². The monoisotopic (exact) mass is 260 g/mol. The summed E-state index contributed by atoms with van der Waals surface area (Å²) in [5, 5.41) is 9.75. The molecule has 0 aromatic heterocycles. The molecule has 0 amide bonds. The fourth-order valence-corrected chi connectivity index (χ4v) is 2.41. The second-order valence-corrected chi connectivity index (χ2v) is 4.77. The van der Waals surface area contributed by atoms with E-state index in [0.29, 0.717) is 5.56 Å². The number of benzene rings is 1. The Hall–Kier alpha value is -0.710. The number of aliphatic hydroxyl groups excluding tert-OH is 1. The van der Waals surface area contributed by atoms with E-state index in [1.807, 2.05) is 0 Å². The number of phosphoric acid groups is 1. The first-order valence-corrected chi connectivity index (χ1v) is 6.88. The van der Waals surface area contributed by atoms with Gasteiger partial charge in [-0.05, 0) is 13.8 Å². The van der Waals surface area contributed by atoms with E-state index in [-0.39, 0.29) is 13.2 Å². The maximum atomic E-state index is 12.0. The summed E-state index contributed by atoms with van der Waals surface area (Å²) >= 11 is 0. The van der Waals surface area contributed by atoms with E-state index in [1.54, 1.807) is 44.2 Å². The molecule has 0 aliphatic rings. The lowest BCUT2D eigenvalue weighted by molar-refractivity contribution is -0.0498. The zero-order chi connectivity index (χ0) is 12.7. The van der Waals surface area contributed by atoms with E-state index in [1.165, 1.54) is 0 Å². The maximum absolute atomic E-state index is 12.0. The van der Waals surface area contributed by atoms with Crippen molar-refractivity contribution in [1.29, 1.82) is 0 Å². The summed E-state index contributed by atoms with van der Waals surface area (Å²) in [4.78, 5) is 0. The first kappa shape index (κ1) is 14.4. The minimum atomic E-state index is -3.69. The molecule has 1 N–H and O–H groups in total. The lowest BCUT2D eigenvalue weighted by Gasteiger charge is -2.19. The van der Waals surface area contributed by atoms with Crippen molar-refractivity contribution < 1.29 is 23.2 Å². The van der Waals surface area contributed by atoms with Gasteiger partial charge in [0.1, 0.15) is 0 Å². The Balaban J connectivity index is 2.71. The minimum Gasteiger partial charge on any atom is -0.364 e. The quantitative estimate of drug-likeness (QED) is 0.603. The largest absolute Gasteiger partial charge is 0.477 e. The van der Waals surface area contributed by atoms with E-state index >= 15 is 0 Å². The molecule has 0 saturated heterocycles. The molecule has 0 aliphatic heterocycles. The van der Waals surface area contributed by atoms with Crippen LogP contribution in [0.1, 0.15) is 25.7 Å². The van der Waals surface area contributed by atoms with Crippen molar-refractivity contribution in [3.8, 4) is 0 Å². The molecular formula is C11H17O5P. The van der Waals surface area contributed by atoms with Crippen LogP contribution in [0.5, 0.6) is 0 Å². The van der Waals surface area contributed by atoms with Crippen molar-refractivity contribution in [2.45, 2.75) is 20.1 Å². The Morgan fingerprint density at radius 3 is 2.18 bits per heavy atom. The Labute approximate surface area is 101 Å². The number of rotatable bonds is 7. The van der Waals surface area contributed by atoms with E-state index in [0.717, 1.165) is 0 Å². The Bertz CT molecular complexity index is 357. The van der Waals surface area contributed by atoms with Crippen LogP contribution in [0.15, 0.2) is 30.3 Å². The van der Waals surface area contributed by atoms with Crippen LogP contribution in [-0.4, -0.2) is 18.3 Å². The van der Waals surface area contributed by atoms with Gasteiger partial charge in [0.15, 0.2) is 6.29 Å². The number of hydrogen-bond donors (Lipinski definition) is 1. The Morgan fingerprint density at radius 2 is 1.71 bits per heavy atom. The summed E-state index contributed by atoms with van der Waals surface area (Å²) in [6, 6.07) is 8.61. The molecule has 1 aromatic carbocycles. The zero-order valence-corrected chi connectivity index (χ0v) is 10.8. The van der Waals surface area contributed by atoms with Crippen LogP contribution < -0.4 is 0 Å². The van der Waals surface area contributed by atoms with E-state index in [2.05, 4.69) is 0 Å². The van der Waals surface area contributed by atoms with Gasteiger partial charge in [0, 0.05) is 5.56 Å². The van der Waals surface area contributed by atoms with Crippen LogP contribution in [0.4, 0.5) is 0 Å². The summed E-state index contributed by atoms with van der Waals surface area (Å²) in [7, 11) is -3.69. The van der Waals surface area contributed by atoms with E-state index in [9.17, 15) is 9.67 Å². The number of hydrogen-bond acceptors (Lipinski definition) is 5. The first-order chi connectivity index (χ1) is 8.11. The SMILES string of the molecule is CCOP(=O)(OCC)OC(O)c1ccccc1. The molecule has 0 aliphatic carbocycles. The van der Waals surface area contributed by atoms with Gasteiger partial charge in [0.2, 0.25) is 0 Å². The number of phosphoric ester groups is 1.